The van der Waals surface area contributed by atoms with Gasteiger partial charge in [0.1, 0.15) is 6.04 Å². The van der Waals surface area contributed by atoms with Crippen LogP contribution in [0.2, 0.25) is 0 Å². The monoisotopic (exact) mass is 253 g/mol. The molecule has 0 unspecified atom stereocenters. The lowest BCUT2D eigenvalue weighted by atomic mass is 10.1. The van der Waals surface area contributed by atoms with Gasteiger partial charge in [0.25, 0.3) is 0 Å². The molecular formula is C8H16ClN3O4. The van der Waals surface area contributed by atoms with E-state index >= 15 is 0 Å². The van der Waals surface area contributed by atoms with E-state index in [0.717, 1.165) is 0 Å². The first-order valence-electron chi connectivity index (χ1n) is 4.52. The predicted octanol–water partition coefficient (Wildman–Crippen LogP) is -1.41. The average Bonchev–Trinajstić information content (AvgIpc) is 2.15. The van der Waals surface area contributed by atoms with Crippen LogP contribution in [-0.4, -0.2) is 35.5 Å². The fraction of sp³-hybridized carbons (Fsp3) is 0.625. The van der Waals surface area contributed by atoms with Crippen molar-refractivity contribution in [2.75, 3.05) is 6.54 Å². The average molecular weight is 254 g/mol. The summed E-state index contributed by atoms with van der Waals surface area (Å²) in [6, 6.07) is -1.09. The molecule has 0 fully saturated rings. The van der Waals surface area contributed by atoms with Crippen LogP contribution in [-0.2, 0) is 14.4 Å². The van der Waals surface area contributed by atoms with E-state index in [1.807, 2.05) is 5.32 Å². The topological polar surface area (TPSA) is 136 Å². The second-order valence-corrected chi connectivity index (χ2v) is 3.01. The number of amides is 2. The van der Waals surface area contributed by atoms with Gasteiger partial charge in [-0.2, -0.15) is 0 Å². The van der Waals surface area contributed by atoms with Crippen LogP contribution in [0.25, 0.3) is 0 Å². The van der Waals surface area contributed by atoms with Gasteiger partial charge in [0.2, 0.25) is 0 Å². The first-order chi connectivity index (χ1) is 6.99. The molecule has 0 heterocycles. The molecule has 0 rings (SSSR count). The number of hydrogen-bond acceptors (Lipinski definition) is 4. The lowest BCUT2D eigenvalue weighted by molar-refractivity contribution is -0.144. The Hall–Kier alpha value is -1.34. The molecule has 0 spiro atoms. The quantitative estimate of drug-likeness (QED) is 0.341. The van der Waals surface area contributed by atoms with Gasteiger partial charge in [-0.1, -0.05) is 0 Å². The number of carbonyl (C=O) groups is 3. The van der Waals surface area contributed by atoms with Gasteiger partial charge in [0, 0.05) is 0 Å². The minimum atomic E-state index is -1.19. The van der Waals surface area contributed by atoms with Crippen molar-refractivity contribution in [3.05, 3.63) is 0 Å². The summed E-state index contributed by atoms with van der Waals surface area (Å²) in [5.41, 5.74) is 9.91. The van der Waals surface area contributed by atoms with E-state index in [1.165, 1.54) is 0 Å². The number of nitrogens with two attached hydrogens (primary N) is 2. The number of aliphatic carboxylic acids is 1. The minimum absolute atomic E-state index is 0. The number of primary amides is 1. The van der Waals surface area contributed by atoms with Crippen LogP contribution in [0.5, 0.6) is 0 Å². The summed E-state index contributed by atoms with van der Waals surface area (Å²) >= 11 is 0. The second kappa shape index (κ2) is 8.93. The highest BCUT2D eigenvalue weighted by Crippen LogP contribution is 2.00. The third kappa shape index (κ3) is 7.02. The molecule has 0 saturated heterocycles. The number of carboxylic acids is 1. The van der Waals surface area contributed by atoms with Crippen molar-refractivity contribution in [3.8, 4) is 0 Å². The smallest absolute Gasteiger partial charge is 0.326 e. The van der Waals surface area contributed by atoms with Gasteiger partial charge in [-0.15, -0.1) is 12.4 Å². The molecule has 0 radical (unpaired) electrons. The van der Waals surface area contributed by atoms with Gasteiger partial charge in [-0.05, 0) is 25.8 Å². The molecular weight excluding hydrogens is 238 g/mol. The predicted molar refractivity (Wildman–Crippen MR) is 58.9 cm³/mol. The third-order valence-electron chi connectivity index (χ3n) is 1.77. The van der Waals surface area contributed by atoms with Gasteiger partial charge < -0.3 is 21.9 Å². The zero-order valence-corrected chi connectivity index (χ0v) is 9.46. The molecule has 0 aromatic carbocycles. The van der Waals surface area contributed by atoms with Crippen LogP contribution < -0.4 is 16.8 Å². The fourth-order valence-corrected chi connectivity index (χ4v) is 0.980. The number of hydrogen-bond donors (Lipinski definition) is 4. The van der Waals surface area contributed by atoms with Gasteiger partial charge in [-0.25, -0.2) is 4.79 Å². The molecule has 1 atom stereocenters. The van der Waals surface area contributed by atoms with Gasteiger partial charge >= 0.3 is 17.8 Å². The van der Waals surface area contributed by atoms with Crippen LogP contribution in [0.15, 0.2) is 0 Å². The van der Waals surface area contributed by atoms with Crippen molar-refractivity contribution in [1.82, 2.24) is 5.32 Å². The van der Waals surface area contributed by atoms with E-state index in [4.69, 9.17) is 10.8 Å². The van der Waals surface area contributed by atoms with Crippen molar-refractivity contribution < 1.29 is 19.5 Å². The Bertz CT molecular complexity index is 260. The number of unbranched alkanes of at least 4 members (excludes halogenated alkanes) is 1. The molecule has 0 aromatic rings. The normalized spacial score (nSPS) is 11.1. The number of halogens is 1. The maximum absolute atomic E-state index is 10.8. The summed E-state index contributed by atoms with van der Waals surface area (Å²) in [6.07, 6.45) is 1.45. The number of nitrogens with one attached hydrogen (secondary N) is 1. The Labute approximate surface area is 99.0 Å². The molecule has 0 aliphatic rings. The summed E-state index contributed by atoms with van der Waals surface area (Å²) in [6.45, 7) is 0.454. The SMILES string of the molecule is Cl.NCCCC[C@H](NC(=O)C(N)=O)C(=O)O. The lowest BCUT2D eigenvalue weighted by Gasteiger charge is -2.12. The highest BCUT2D eigenvalue weighted by atomic mass is 35.5. The Morgan fingerprint density at radius 1 is 1.25 bits per heavy atom. The van der Waals surface area contributed by atoms with Crippen LogP contribution in [0, 0.1) is 0 Å². The van der Waals surface area contributed by atoms with Gasteiger partial charge in [0.05, 0.1) is 0 Å². The van der Waals surface area contributed by atoms with E-state index in [9.17, 15) is 14.4 Å². The maximum Gasteiger partial charge on any atom is 0.326 e. The zero-order valence-electron chi connectivity index (χ0n) is 8.64. The molecule has 7 nitrogen and oxygen atoms in total. The molecule has 16 heavy (non-hydrogen) atoms. The van der Waals surface area contributed by atoms with Gasteiger partial charge in [0.15, 0.2) is 0 Å². The first kappa shape index (κ1) is 17.1. The van der Waals surface area contributed by atoms with E-state index in [1.54, 1.807) is 0 Å². The van der Waals surface area contributed by atoms with Crippen LogP contribution in [0.4, 0.5) is 0 Å². The van der Waals surface area contributed by atoms with Crippen molar-refractivity contribution in [2.24, 2.45) is 11.5 Å². The number of rotatable bonds is 6. The molecule has 0 aromatic heterocycles. The lowest BCUT2D eigenvalue weighted by Crippen LogP contribution is -2.46. The highest BCUT2D eigenvalue weighted by Gasteiger charge is 2.21. The fourth-order valence-electron chi connectivity index (χ4n) is 0.980. The van der Waals surface area contributed by atoms with E-state index in [-0.39, 0.29) is 18.8 Å². The minimum Gasteiger partial charge on any atom is -0.480 e. The second-order valence-electron chi connectivity index (χ2n) is 3.01. The summed E-state index contributed by atoms with van der Waals surface area (Å²) in [7, 11) is 0. The molecule has 0 saturated carbocycles. The van der Waals surface area contributed by atoms with Gasteiger partial charge in [-0.3, -0.25) is 9.59 Å². The van der Waals surface area contributed by atoms with Crippen molar-refractivity contribution in [2.45, 2.75) is 25.3 Å². The maximum atomic E-state index is 10.8. The van der Waals surface area contributed by atoms with Crippen LogP contribution in [0.3, 0.4) is 0 Å². The van der Waals surface area contributed by atoms with E-state index in [0.29, 0.717) is 19.4 Å². The highest BCUT2D eigenvalue weighted by molar-refractivity contribution is 6.34. The van der Waals surface area contributed by atoms with Crippen molar-refractivity contribution >= 4 is 30.2 Å². The van der Waals surface area contributed by atoms with E-state index in [2.05, 4.69) is 5.73 Å². The van der Waals surface area contributed by atoms with Crippen molar-refractivity contribution in [3.63, 3.8) is 0 Å². The molecule has 6 N–H and O–H groups in total. The van der Waals surface area contributed by atoms with Crippen molar-refractivity contribution in [1.29, 1.82) is 0 Å². The molecule has 0 aliphatic heterocycles. The molecule has 8 heteroatoms. The van der Waals surface area contributed by atoms with Crippen LogP contribution in [0.1, 0.15) is 19.3 Å². The Balaban J connectivity index is 0. The first-order valence-corrected chi connectivity index (χ1v) is 4.52. The standard InChI is InChI=1S/C8H15N3O4.ClH/c9-4-2-1-3-5(8(14)15)11-7(13)6(10)12;/h5H,1-4,9H2,(H2,10,12)(H,11,13)(H,14,15);1H/t5-;/m0./s1. The number of carbonyl (C=O) groups excluding carboxylic acids is 2. The van der Waals surface area contributed by atoms with Crippen LogP contribution >= 0.6 is 12.4 Å². The Kier molecular flexibility index (Phi) is 9.52. The largest absolute Gasteiger partial charge is 0.480 e. The Morgan fingerprint density at radius 2 is 1.81 bits per heavy atom. The molecule has 94 valence electrons. The molecule has 2 amide bonds. The molecule has 0 bridgehead atoms. The zero-order chi connectivity index (χ0) is 11.8. The summed E-state index contributed by atoms with van der Waals surface area (Å²) in [5.74, 6) is -3.48. The molecule has 0 aliphatic carbocycles. The third-order valence-corrected chi connectivity index (χ3v) is 1.77. The summed E-state index contributed by atoms with van der Waals surface area (Å²) in [4.78, 5) is 31.9. The number of carboxylic acid groups (broad SMARTS) is 1. The Morgan fingerprint density at radius 3 is 2.19 bits per heavy atom. The summed E-state index contributed by atoms with van der Waals surface area (Å²) < 4.78 is 0. The van der Waals surface area contributed by atoms with E-state index < -0.39 is 23.8 Å². The summed E-state index contributed by atoms with van der Waals surface area (Å²) in [5, 5.41) is 10.7.